The van der Waals surface area contributed by atoms with Gasteiger partial charge >= 0.3 is 17.1 Å². The minimum Gasteiger partial charge on any atom is -0.372 e. The van der Waals surface area contributed by atoms with Gasteiger partial charge in [-0.05, 0) is 43.5 Å². The zero-order chi connectivity index (χ0) is 22.4. The molecule has 31 heavy (non-hydrogen) atoms. The second kappa shape index (κ2) is 9.92. The summed E-state index contributed by atoms with van der Waals surface area (Å²) in [5.41, 5.74) is -0.821. The van der Waals surface area contributed by atoms with Crippen molar-refractivity contribution in [2.24, 2.45) is 0 Å². The van der Waals surface area contributed by atoms with Crippen molar-refractivity contribution in [1.29, 1.82) is 0 Å². The van der Waals surface area contributed by atoms with Crippen molar-refractivity contribution in [1.82, 2.24) is 13.7 Å². The van der Waals surface area contributed by atoms with Crippen LogP contribution in [0.5, 0.6) is 0 Å². The Kier molecular flexibility index (Phi) is 7.07. The van der Waals surface area contributed by atoms with Crippen molar-refractivity contribution < 1.29 is 4.79 Å². The second-order valence-electron chi connectivity index (χ2n) is 7.38. The topological polar surface area (TPSA) is 98.3 Å². The van der Waals surface area contributed by atoms with Gasteiger partial charge in [0, 0.05) is 24.5 Å². The van der Waals surface area contributed by atoms with E-state index >= 15 is 0 Å². The number of benzene rings is 1. The quantitative estimate of drug-likeness (QED) is 0.641. The summed E-state index contributed by atoms with van der Waals surface area (Å²) in [6, 6.07) is 7.46. The Morgan fingerprint density at radius 1 is 0.839 bits per heavy atom. The van der Waals surface area contributed by atoms with Gasteiger partial charge in [-0.15, -0.1) is 13.2 Å². The van der Waals surface area contributed by atoms with Gasteiger partial charge in [0.1, 0.15) is 6.54 Å². The van der Waals surface area contributed by atoms with Crippen molar-refractivity contribution in [3.63, 3.8) is 0 Å². The number of amides is 1. The van der Waals surface area contributed by atoms with Crippen molar-refractivity contribution in [2.75, 3.05) is 23.3 Å². The molecule has 0 unspecified atom stereocenters. The Balaban J connectivity index is 1.80. The molecule has 0 bridgehead atoms. The lowest BCUT2D eigenvalue weighted by molar-refractivity contribution is -0.116. The molecule has 1 aliphatic rings. The number of hydrogen-bond donors (Lipinski definition) is 1. The molecule has 0 aliphatic carbocycles. The fourth-order valence-corrected chi connectivity index (χ4v) is 3.64. The van der Waals surface area contributed by atoms with Crippen LogP contribution in [0.4, 0.5) is 11.4 Å². The first kappa shape index (κ1) is 22.1. The molecule has 0 atom stereocenters. The molecule has 0 saturated carbocycles. The molecule has 1 aromatic carbocycles. The highest BCUT2D eigenvalue weighted by molar-refractivity contribution is 5.90. The lowest BCUT2D eigenvalue weighted by Gasteiger charge is -2.28. The highest BCUT2D eigenvalue weighted by Crippen LogP contribution is 2.21. The third kappa shape index (κ3) is 4.93. The van der Waals surface area contributed by atoms with E-state index in [0.29, 0.717) is 5.69 Å². The number of piperidine rings is 1. The minimum absolute atomic E-state index is 0.0747. The van der Waals surface area contributed by atoms with Crippen LogP contribution in [0, 0.1) is 0 Å². The molecule has 9 heteroatoms. The number of carbonyl (C=O) groups is 1. The fourth-order valence-electron chi connectivity index (χ4n) is 3.64. The predicted octanol–water partition coefficient (Wildman–Crippen LogP) is 1.17. The molecular weight excluding hydrogens is 398 g/mol. The number of carbonyl (C=O) groups excluding carboxylic acids is 1. The summed E-state index contributed by atoms with van der Waals surface area (Å²) < 4.78 is 2.46. The van der Waals surface area contributed by atoms with Crippen LogP contribution in [0.1, 0.15) is 19.3 Å². The van der Waals surface area contributed by atoms with E-state index in [0.717, 1.165) is 32.5 Å². The number of allylic oxidation sites excluding steroid dienone is 2. The van der Waals surface area contributed by atoms with Crippen molar-refractivity contribution in [3.8, 4) is 0 Å². The van der Waals surface area contributed by atoms with Crippen LogP contribution in [0.25, 0.3) is 0 Å². The van der Waals surface area contributed by atoms with E-state index in [-0.39, 0.29) is 13.1 Å². The molecule has 1 saturated heterocycles. The van der Waals surface area contributed by atoms with E-state index in [9.17, 15) is 19.2 Å². The molecule has 0 radical (unpaired) electrons. The van der Waals surface area contributed by atoms with Gasteiger partial charge in [0.05, 0.1) is 13.1 Å². The Hall–Kier alpha value is -3.62. The molecule has 1 aromatic heterocycles. The molecule has 1 amide bonds. The maximum absolute atomic E-state index is 12.6. The first-order valence-corrected chi connectivity index (χ1v) is 10.3. The van der Waals surface area contributed by atoms with Gasteiger partial charge in [-0.25, -0.2) is 28.1 Å². The number of rotatable bonds is 8. The van der Waals surface area contributed by atoms with Crippen LogP contribution in [-0.2, 0) is 24.4 Å². The van der Waals surface area contributed by atoms with Gasteiger partial charge in [0.15, 0.2) is 0 Å². The molecule has 9 nitrogen and oxygen atoms in total. The summed E-state index contributed by atoms with van der Waals surface area (Å²) in [6.45, 7) is 8.43. The molecule has 1 fully saturated rings. The largest absolute Gasteiger partial charge is 0.372 e. The van der Waals surface area contributed by atoms with Crippen LogP contribution < -0.4 is 27.3 Å². The number of nitrogens with one attached hydrogen (secondary N) is 1. The van der Waals surface area contributed by atoms with Crippen LogP contribution >= 0.6 is 0 Å². The molecular formula is C22H27N5O4. The lowest BCUT2D eigenvalue weighted by atomic mass is 10.1. The molecule has 2 aromatic rings. The van der Waals surface area contributed by atoms with Crippen molar-refractivity contribution in [3.05, 3.63) is 81.0 Å². The summed E-state index contributed by atoms with van der Waals surface area (Å²) in [6.07, 6.45) is 6.34. The zero-order valence-electron chi connectivity index (χ0n) is 17.5. The van der Waals surface area contributed by atoms with Crippen LogP contribution in [-0.4, -0.2) is 32.7 Å². The van der Waals surface area contributed by atoms with E-state index in [1.807, 2.05) is 12.1 Å². The molecule has 0 spiro atoms. The maximum Gasteiger partial charge on any atom is 0.337 e. The van der Waals surface area contributed by atoms with E-state index in [1.165, 1.54) is 31.4 Å². The normalized spacial score (nSPS) is 13.6. The summed E-state index contributed by atoms with van der Waals surface area (Å²) in [4.78, 5) is 52.5. The summed E-state index contributed by atoms with van der Waals surface area (Å²) >= 11 is 0. The predicted molar refractivity (Wildman–Crippen MR) is 121 cm³/mol. The average molecular weight is 425 g/mol. The minimum atomic E-state index is -0.856. The number of hydrogen-bond acceptors (Lipinski definition) is 5. The molecule has 1 N–H and O–H groups in total. The van der Waals surface area contributed by atoms with Crippen LogP contribution in [0.15, 0.2) is 64.0 Å². The Morgan fingerprint density at radius 2 is 1.35 bits per heavy atom. The summed E-state index contributed by atoms with van der Waals surface area (Å²) in [5, 5.41) is 2.70. The first-order valence-electron chi connectivity index (χ1n) is 10.3. The van der Waals surface area contributed by atoms with Crippen LogP contribution in [0.3, 0.4) is 0 Å². The monoisotopic (exact) mass is 425 g/mol. The van der Waals surface area contributed by atoms with Gasteiger partial charge in [-0.2, -0.15) is 0 Å². The third-order valence-corrected chi connectivity index (χ3v) is 5.18. The molecule has 2 heterocycles. The summed E-state index contributed by atoms with van der Waals surface area (Å²) in [5.74, 6) is -0.543. The third-order valence-electron chi connectivity index (χ3n) is 5.18. The first-order chi connectivity index (χ1) is 15.0. The van der Waals surface area contributed by atoms with Gasteiger partial charge in [0.25, 0.3) is 0 Å². The van der Waals surface area contributed by atoms with Crippen molar-refractivity contribution >= 4 is 17.3 Å². The maximum atomic E-state index is 12.6. The van der Waals surface area contributed by atoms with Crippen LogP contribution in [0.2, 0.25) is 0 Å². The SMILES string of the molecule is C=CCn1c(=O)n(CC=C)c(=O)n(CC(=O)Nc2ccc(N3CCCCC3)cc2)c1=O. The zero-order valence-corrected chi connectivity index (χ0v) is 17.5. The van der Waals surface area contributed by atoms with Gasteiger partial charge < -0.3 is 10.2 Å². The standard InChI is InChI=1S/C22H27N5O4/c1-3-12-25-20(29)26(13-4-2)22(31)27(21(25)30)16-19(28)23-17-8-10-18(11-9-17)24-14-6-5-7-15-24/h3-4,8-11H,1-2,5-7,12-16H2,(H,23,28). The molecule has 164 valence electrons. The number of anilines is 2. The van der Waals surface area contributed by atoms with Gasteiger partial charge in [-0.1, -0.05) is 12.2 Å². The van der Waals surface area contributed by atoms with Crippen molar-refractivity contribution in [2.45, 2.75) is 38.9 Å². The Labute approximate surface area is 179 Å². The summed E-state index contributed by atoms with van der Waals surface area (Å²) in [7, 11) is 0. The number of aromatic nitrogens is 3. The number of nitrogens with zero attached hydrogens (tertiary/aromatic N) is 4. The highest BCUT2D eigenvalue weighted by atomic mass is 16.2. The molecule has 1 aliphatic heterocycles. The van der Waals surface area contributed by atoms with E-state index in [2.05, 4.69) is 23.4 Å². The smallest absolute Gasteiger partial charge is 0.337 e. The second-order valence-corrected chi connectivity index (χ2v) is 7.38. The molecule has 3 rings (SSSR count). The fraction of sp³-hybridized carbons (Fsp3) is 0.364. The van der Waals surface area contributed by atoms with E-state index in [1.54, 1.807) is 12.1 Å². The highest BCUT2D eigenvalue weighted by Gasteiger charge is 2.17. The average Bonchev–Trinajstić information content (AvgIpc) is 2.78. The Bertz CT molecular complexity index is 1090. The van der Waals surface area contributed by atoms with E-state index in [4.69, 9.17) is 0 Å². The van der Waals surface area contributed by atoms with Gasteiger partial charge in [-0.3, -0.25) is 4.79 Å². The Morgan fingerprint density at radius 3 is 1.87 bits per heavy atom. The van der Waals surface area contributed by atoms with E-state index < -0.39 is 29.5 Å². The van der Waals surface area contributed by atoms with Gasteiger partial charge in [0.2, 0.25) is 5.91 Å². The lowest BCUT2D eigenvalue weighted by Crippen LogP contribution is -2.55.